The van der Waals surface area contributed by atoms with Gasteiger partial charge in [0.15, 0.2) is 5.69 Å². The third-order valence-electron chi connectivity index (χ3n) is 4.93. The molecule has 7 nitrogen and oxygen atoms in total. The van der Waals surface area contributed by atoms with Crippen molar-refractivity contribution >= 4 is 23.4 Å². The molecule has 33 heavy (non-hydrogen) atoms. The van der Waals surface area contributed by atoms with E-state index in [0.717, 1.165) is 22.6 Å². The van der Waals surface area contributed by atoms with E-state index < -0.39 is 6.23 Å². The number of ether oxygens (including phenoxy) is 2. The second-order valence-electron chi connectivity index (χ2n) is 8.57. The Bertz CT molecular complexity index is 1130. The van der Waals surface area contributed by atoms with E-state index in [1.54, 1.807) is 4.90 Å². The summed E-state index contributed by atoms with van der Waals surface area (Å²) in [6.45, 7) is 9.78. The summed E-state index contributed by atoms with van der Waals surface area (Å²) in [6, 6.07) is 15.2. The van der Waals surface area contributed by atoms with Gasteiger partial charge < -0.3 is 9.47 Å². The number of rotatable bonds is 6. The lowest BCUT2D eigenvalue weighted by atomic mass is 10.1. The first kappa shape index (κ1) is 23.0. The number of carbonyl (C=O) groups is 1. The quantitative estimate of drug-likeness (QED) is 0.445. The van der Waals surface area contributed by atoms with Crippen LogP contribution in [-0.4, -0.2) is 32.9 Å². The molecule has 0 radical (unpaired) electrons. The van der Waals surface area contributed by atoms with Crippen LogP contribution in [0.2, 0.25) is 0 Å². The molecule has 0 fully saturated rings. The predicted octanol–water partition coefficient (Wildman–Crippen LogP) is 5.52. The van der Waals surface area contributed by atoms with Crippen LogP contribution in [0.4, 0.5) is 5.69 Å². The Balaban J connectivity index is 1.80. The fraction of sp³-hybridized carbons (Fsp3) is 0.360. The van der Waals surface area contributed by atoms with Crippen molar-refractivity contribution < 1.29 is 14.3 Å². The van der Waals surface area contributed by atoms with Crippen LogP contribution in [-0.2, 0) is 4.79 Å². The largest absolute Gasteiger partial charge is 0.491 e. The number of hydrogen-bond acceptors (Lipinski definition) is 7. The Morgan fingerprint density at radius 1 is 1.09 bits per heavy atom. The zero-order chi connectivity index (χ0) is 23.5. The van der Waals surface area contributed by atoms with E-state index in [4.69, 9.17) is 9.47 Å². The molecule has 0 bridgehead atoms. The van der Waals surface area contributed by atoms with Crippen LogP contribution in [0.15, 0.2) is 53.7 Å². The molecule has 0 spiro atoms. The third kappa shape index (κ3) is 5.11. The van der Waals surface area contributed by atoms with Gasteiger partial charge in [-0.3, -0.25) is 9.69 Å². The van der Waals surface area contributed by atoms with Gasteiger partial charge in [-0.25, -0.2) is 0 Å². The lowest BCUT2D eigenvalue weighted by molar-refractivity contribution is -0.118. The zero-order valence-electron chi connectivity index (χ0n) is 19.5. The zero-order valence-corrected chi connectivity index (χ0v) is 20.3. The van der Waals surface area contributed by atoms with Crippen molar-refractivity contribution in [1.29, 1.82) is 0 Å². The number of amides is 1. The first-order valence-electron chi connectivity index (χ1n) is 11.0. The van der Waals surface area contributed by atoms with Gasteiger partial charge in [0.1, 0.15) is 5.75 Å². The summed E-state index contributed by atoms with van der Waals surface area (Å²) in [5, 5.41) is 9.32. The van der Waals surface area contributed by atoms with Crippen molar-refractivity contribution in [3.05, 3.63) is 54.1 Å². The molecule has 1 aliphatic heterocycles. The van der Waals surface area contributed by atoms with Gasteiger partial charge in [-0.2, -0.15) is 4.98 Å². The fourth-order valence-electron chi connectivity index (χ4n) is 3.56. The average Bonchev–Trinajstić information content (AvgIpc) is 2.92. The number of hydrogen-bond donors (Lipinski definition) is 0. The summed E-state index contributed by atoms with van der Waals surface area (Å²) < 4.78 is 12.2. The van der Waals surface area contributed by atoms with Gasteiger partial charge in [-0.05, 0) is 50.1 Å². The topological polar surface area (TPSA) is 77.4 Å². The molecule has 1 amide bonds. The van der Waals surface area contributed by atoms with Crippen LogP contribution in [0.5, 0.6) is 11.6 Å². The van der Waals surface area contributed by atoms with Crippen LogP contribution in [0.1, 0.15) is 46.4 Å². The minimum atomic E-state index is -0.711. The Hall–Kier alpha value is -3.13. The van der Waals surface area contributed by atoms with Crippen LogP contribution >= 0.6 is 11.8 Å². The monoisotopic (exact) mass is 464 g/mol. The molecule has 2 aromatic carbocycles. The van der Waals surface area contributed by atoms with Gasteiger partial charge >= 0.3 is 0 Å². The molecule has 0 saturated heterocycles. The normalized spacial score (nSPS) is 15.0. The second kappa shape index (κ2) is 9.79. The standard InChI is InChI=1S/C25H28N4O3S/c1-15(2)14-33-25-26-23-22(27-28-25)20-8-6-7-9-21(20)29(17(5)30)24(32-23)18-10-12-19(13-11-18)31-16(3)4/h6-13,15-16,24H,14H2,1-5H3/t24-/m1/s1. The molecule has 4 rings (SSSR count). The third-order valence-corrected chi connectivity index (χ3v) is 6.20. The maximum atomic E-state index is 12.9. The summed E-state index contributed by atoms with van der Waals surface area (Å²) in [6.07, 6.45) is -0.639. The highest BCUT2D eigenvalue weighted by Crippen LogP contribution is 2.43. The molecular formula is C25H28N4O3S. The van der Waals surface area contributed by atoms with Gasteiger partial charge in [-0.1, -0.05) is 43.8 Å². The van der Waals surface area contributed by atoms with Crippen molar-refractivity contribution in [3.63, 3.8) is 0 Å². The van der Waals surface area contributed by atoms with E-state index in [1.165, 1.54) is 18.7 Å². The number of benzene rings is 2. The summed E-state index contributed by atoms with van der Waals surface area (Å²) in [5.41, 5.74) is 2.78. The Labute approximate surface area is 198 Å². The van der Waals surface area contributed by atoms with E-state index in [9.17, 15) is 4.79 Å². The molecule has 0 aliphatic carbocycles. The lowest BCUT2D eigenvalue weighted by Gasteiger charge is -2.30. The summed E-state index contributed by atoms with van der Waals surface area (Å²) in [7, 11) is 0. The molecule has 1 atom stereocenters. The Morgan fingerprint density at radius 2 is 1.82 bits per heavy atom. The summed E-state index contributed by atoms with van der Waals surface area (Å²) >= 11 is 1.54. The van der Waals surface area contributed by atoms with Crippen molar-refractivity contribution in [2.24, 2.45) is 5.92 Å². The van der Waals surface area contributed by atoms with E-state index in [2.05, 4.69) is 29.0 Å². The molecule has 0 N–H and O–H groups in total. The summed E-state index contributed by atoms with van der Waals surface area (Å²) in [5.74, 6) is 2.34. The highest BCUT2D eigenvalue weighted by Gasteiger charge is 2.34. The molecule has 0 unspecified atom stereocenters. The SMILES string of the molecule is CC(=O)N1c2ccccc2-c2nnc(SCC(C)C)nc2O[C@@H]1c1ccc(OC(C)C)cc1. The summed E-state index contributed by atoms with van der Waals surface area (Å²) in [4.78, 5) is 19.2. The van der Waals surface area contributed by atoms with E-state index in [-0.39, 0.29) is 12.0 Å². The van der Waals surface area contributed by atoms with Gasteiger partial charge in [0.2, 0.25) is 23.2 Å². The molecule has 1 aliphatic rings. The Kier molecular flexibility index (Phi) is 6.83. The van der Waals surface area contributed by atoms with Crippen molar-refractivity contribution in [2.45, 2.75) is 52.1 Å². The molecule has 0 saturated carbocycles. The fourth-order valence-corrected chi connectivity index (χ4v) is 4.28. The van der Waals surface area contributed by atoms with Gasteiger partial charge in [0.25, 0.3) is 0 Å². The van der Waals surface area contributed by atoms with Crippen molar-refractivity contribution in [2.75, 3.05) is 10.7 Å². The van der Waals surface area contributed by atoms with Crippen molar-refractivity contribution in [1.82, 2.24) is 15.2 Å². The highest BCUT2D eigenvalue weighted by molar-refractivity contribution is 7.99. The molecule has 1 aromatic heterocycles. The number of aromatic nitrogens is 3. The number of fused-ring (bicyclic) bond motifs is 3. The first-order valence-corrected chi connectivity index (χ1v) is 12.0. The maximum Gasteiger partial charge on any atom is 0.247 e. The number of nitrogens with zero attached hydrogens (tertiary/aromatic N) is 4. The minimum Gasteiger partial charge on any atom is -0.491 e. The van der Waals surface area contributed by atoms with Gasteiger partial charge in [0.05, 0.1) is 11.8 Å². The van der Waals surface area contributed by atoms with Crippen LogP contribution < -0.4 is 14.4 Å². The second-order valence-corrected chi connectivity index (χ2v) is 9.55. The van der Waals surface area contributed by atoms with Crippen molar-refractivity contribution in [3.8, 4) is 22.9 Å². The smallest absolute Gasteiger partial charge is 0.247 e. The van der Waals surface area contributed by atoms with E-state index in [1.807, 2.05) is 62.4 Å². The van der Waals surface area contributed by atoms with E-state index >= 15 is 0 Å². The predicted molar refractivity (Wildman–Crippen MR) is 130 cm³/mol. The van der Waals surface area contributed by atoms with Gasteiger partial charge in [-0.15, -0.1) is 10.2 Å². The maximum absolute atomic E-state index is 12.9. The highest BCUT2D eigenvalue weighted by atomic mass is 32.2. The number of para-hydroxylation sites is 1. The molecular weight excluding hydrogens is 436 g/mol. The lowest BCUT2D eigenvalue weighted by Crippen LogP contribution is -2.36. The number of anilines is 1. The molecule has 3 aromatic rings. The number of carbonyl (C=O) groups excluding carboxylic acids is 1. The Morgan fingerprint density at radius 3 is 2.48 bits per heavy atom. The minimum absolute atomic E-state index is 0.0713. The van der Waals surface area contributed by atoms with Crippen LogP contribution in [0, 0.1) is 5.92 Å². The van der Waals surface area contributed by atoms with Crippen LogP contribution in [0.3, 0.4) is 0 Å². The average molecular weight is 465 g/mol. The molecule has 2 heterocycles. The first-order chi connectivity index (χ1) is 15.8. The van der Waals surface area contributed by atoms with E-state index in [0.29, 0.717) is 28.3 Å². The number of thioether (sulfide) groups is 1. The van der Waals surface area contributed by atoms with Crippen LogP contribution in [0.25, 0.3) is 11.3 Å². The van der Waals surface area contributed by atoms with Gasteiger partial charge in [0, 0.05) is 23.8 Å². The molecule has 8 heteroatoms. The molecule has 172 valence electrons.